The normalized spacial score (nSPS) is 12.2. The van der Waals surface area contributed by atoms with E-state index < -0.39 is 6.10 Å². The molecule has 1 atom stereocenters. The first kappa shape index (κ1) is 14.3. The molecule has 0 aliphatic carbocycles. The molecule has 0 spiro atoms. The quantitative estimate of drug-likeness (QED) is 0.873. The number of methoxy groups -OCH3 is 1. The summed E-state index contributed by atoms with van der Waals surface area (Å²) < 4.78 is 16.2. The van der Waals surface area contributed by atoms with Gasteiger partial charge in [-0.25, -0.2) is 0 Å². The summed E-state index contributed by atoms with van der Waals surface area (Å²) >= 11 is 0. The monoisotopic (exact) mass is 278 g/mol. The number of hydrogen-bond donors (Lipinski definition) is 1. The molecule has 0 aliphatic heterocycles. The van der Waals surface area contributed by atoms with Gasteiger partial charge in [0.15, 0.2) is 18.1 Å². The predicted molar refractivity (Wildman–Crippen MR) is 71.6 cm³/mol. The Kier molecular flexibility index (Phi) is 4.57. The average molecular weight is 278 g/mol. The third-order valence-corrected chi connectivity index (χ3v) is 2.83. The molecule has 0 saturated carbocycles. The lowest BCUT2D eigenvalue weighted by molar-refractivity contribution is 0.198. The third-order valence-electron chi connectivity index (χ3n) is 2.83. The Balaban J connectivity index is 2.08. The molecule has 2 aromatic rings. The van der Waals surface area contributed by atoms with Crippen LogP contribution >= 0.6 is 0 Å². The summed E-state index contributed by atoms with van der Waals surface area (Å²) in [4.78, 5) is 0. The van der Waals surface area contributed by atoms with Crippen molar-refractivity contribution in [1.82, 2.24) is 10.2 Å². The first-order chi connectivity index (χ1) is 9.63. The molecule has 1 heterocycles. The number of aliphatic hydroxyl groups is 1. The largest absolute Gasteiger partial charge is 0.493 e. The van der Waals surface area contributed by atoms with Crippen molar-refractivity contribution in [2.75, 3.05) is 7.11 Å². The second-order valence-electron chi connectivity index (χ2n) is 4.32. The number of nitrogens with zero attached hydrogens (tertiary/aromatic N) is 2. The fourth-order valence-electron chi connectivity index (χ4n) is 1.69. The smallest absolute Gasteiger partial charge is 0.253 e. The first-order valence-corrected chi connectivity index (χ1v) is 6.44. The van der Waals surface area contributed by atoms with Crippen LogP contribution in [0, 0.1) is 0 Å². The van der Waals surface area contributed by atoms with E-state index in [-0.39, 0.29) is 6.61 Å². The molecule has 0 fully saturated rings. The van der Waals surface area contributed by atoms with Crippen LogP contribution in [0.3, 0.4) is 0 Å². The highest BCUT2D eigenvalue weighted by atomic mass is 16.5. The minimum atomic E-state index is -0.555. The Hall–Kier alpha value is -2.08. The topological polar surface area (TPSA) is 77.6 Å². The SMILES string of the molecule is CCc1nnc(COc2ccc([C@H](C)O)cc2OC)o1. The minimum absolute atomic E-state index is 0.178. The van der Waals surface area contributed by atoms with Crippen molar-refractivity contribution in [3.8, 4) is 11.5 Å². The zero-order valence-corrected chi connectivity index (χ0v) is 11.8. The molecule has 0 bridgehead atoms. The first-order valence-electron chi connectivity index (χ1n) is 6.44. The van der Waals surface area contributed by atoms with Crippen LogP contribution in [0.2, 0.25) is 0 Å². The van der Waals surface area contributed by atoms with Crippen LogP contribution in [-0.2, 0) is 13.0 Å². The number of ether oxygens (including phenoxy) is 2. The van der Waals surface area contributed by atoms with Gasteiger partial charge < -0.3 is 19.0 Å². The molecule has 6 heteroatoms. The van der Waals surface area contributed by atoms with Gasteiger partial charge in [0.25, 0.3) is 5.89 Å². The van der Waals surface area contributed by atoms with Crippen LogP contribution in [0.4, 0.5) is 0 Å². The Labute approximate surface area is 117 Å². The van der Waals surface area contributed by atoms with Gasteiger partial charge in [-0.05, 0) is 24.6 Å². The molecule has 0 saturated heterocycles. The van der Waals surface area contributed by atoms with Crippen molar-refractivity contribution >= 4 is 0 Å². The number of aromatic nitrogens is 2. The summed E-state index contributed by atoms with van der Waals surface area (Å²) in [6, 6.07) is 5.27. The van der Waals surface area contributed by atoms with Gasteiger partial charge in [-0.3, -0.25) is 0 Å². The fourth-order valence-corrected chi connectivity index (χ4v) is 1.69. The maximum Gasteiger partial charge on any atom is 0.253 e. The van der Waals surface area contributed by atoms with E-state index in [4.69, 9.17) is 13.9 Å². The second kappa shape index (κ2) is 6.38. The minimum Gasteiger partial charge on any atom is -0.493 e. The highest BCUT2D eigenvalue weighted by Gasteiger charge is 2.11. The van der Waals surface area contributed by atoms with E-state index in [1.807, 2.05) is 6.92 Å². The molecule has 2 rings (SSSR count). The molecular formula is C14H18N2O4. The van der Waals surface area contributed by atoms with Crippen LogP contribution < -0.4 is 9.47 Å². The molecule has 0 unspecified atom stereocenters. The lowest BCUT2D eigenvalue weighted by Gasteiger charge is -2.12. The Morgan fingerprint density at radius 2 is 2.00 bits per heavy atom. The molecule has 0 aliphatic rings. The second-order valence-corrected chi connectivity index (χ2v) is 4.32. The highest BCUT2D eigenvalue weighted by Crippen LogP contribution is 2.30. The van der Waals surface area contributed by atoms with Crippen molar-refractivity contribution in [2.24, 2.45) is 0 Å². The van der Waals surface area contributed by atoms with E-state index in [1.54, 1.807) is 32.2 Å². The molecule has 1 N–H and O–H groups in total. The molecule has 1 aromatic carbocycles. The van der Waals surface area contributed by atoms with Crippen LogP contribution in [0.15, 0.2) is 22.6 Å². The third kappa shape index (κ3) is 3.27. The zero-order valence-electron chi connectivity index (χ0n) is 11.8. The van der Waals surface area contributed by atoms with E-state index in [1.165, 1.54) is 0 Å². The molecule has 0 radical (unpaired) electrons. The summed E-state index contributed by atoms with van der Waals surface area (Å²) in [6.45, 7) is 3.81. The Morgan fingerprint density at radius 1 is 1.25 bits per heavy atom. The Morgan fingerprint density at radius 3 is 2.60 bits per heavy atom. The summed E-state index contributed by atoms with van der Waals surface area (Å²) in [5, 5.41) is 17.3. The van der Waals surface area contributed by atoms with Gasteiger partial charge in [-0.15, -0.1) is 10.2 Å². The van der Waals surface area contributed by atoms with Gasteiger partial charge >= 0.3 is 0 Å². The maximum absolute atomic E-state index is 9.54. The molecule has 0 amide bonds. The summed E-state index contributed by atoms with van der Waals surface area (Å²) in [5.74, 6) is 2.12. The van der Waals surface area contributed by atoms with Crippen molar-refractivity contribution in [3.63, 3.8) is 0 Å². The Bertz CT molecular complexity index is 566. The zero-order chi connectivity index (χ0) is 14.5. The van der Waals surface area contributed by atoms with E-state index in [9.17, 15) is 5.11 Å². The van der Waals surface area contributed by atoms with E-state index >= 15 is 0 Å². The lowest BCUT2D eigenvalue weighted by Crippen LogP contribution is -1.99. The fraction of sp³-hybridized carbons (Fsp3) is 0.429. The average Bonchev–Trinajstić information content (AvgIpc) is 2.92. The number of aliphatic hydroxyl groups excluding tert-OH is 1. The van der Waals surface area contributed by atoms with Crippen molar-refractivity contribution in [3.05, 3.63) is 35.5 Å². The number of aryl methyl sites for hydroxylation is 1. The number of rotatable bonds is 6. The van der Waals surface area contributed by atoms with Crippen molar-refractivity contribution < 1.29 is 19.0 Å². The van der Waals surface area contributed by atoms with E-state index in [0.29, 0.717) is 29.7 Å². The van der Waals surface area contributed by atoms with Gasteiger partial charge in [0, 0.05) is 6.42 Å². The van der Waals surface area contributed by atoms with E-state index in [0.717, 1.165) is 5.56 Å². The molecule has 1 aromatic heterocycles. The van der Waals surface area contributed by atoms with Crippen LogP contribution in [0.5, 0.6) is 11.5 Å². The van der Waals surface area contributed by atoms with Gasteiger partial charge in [0.1, 0.15) is 0 Å². The van der Waals surface area contributed by atoms with Crippen LogP contribution in [-0.4, -0.2) is 22.4 Å². The van der Waals surface area contributed by atoms with Crippen LogP contribution in [0.1, 0.15) is 37.3 Å². The highest BCUT2D eigenvalue weighted by molar-refractivity contribution is 5.43. The lowest BCUT2D eigenvalue weighted by atomic mass is 10.1. The van der Waals surface area contributed by atoms with Gasteiger partial charge in [-0.1, -0.05) is 13.0 Å². The van der Waals surface area contributed by atoms with Crippen LogP contribution in [0.25, 0.3) is 0 Å². The predicted octanol–water partition coefficient (Wildman–Crippen LogP) is 2.27. The van der Waals surface area contributed by atoms with Gasteiger partial charge in [-0.2, -0.15) is 0 Å². The molecule has 20 heavy (non-hydrogen) atoms. The summed E-state index contributed by atoms with van der Waals surface area (Å²) in [5.41, 5.74) is 0.764. The molecule has 6 nitrogen and oxygen atoms in total. The molecule has 108 valence electrons. The van der Waals surface area contributed by atoms with Crippen molar-refractivity contribution in [2.45, 2.75) is 33.0 Å². The van der Waals surface area contributed by atoms with E-state index in [2.05, 4.69) is 10.2 Å². The van der Waals surface area contributed by atoms with Gasteiger partial charge in [0.2, 0.25) is 5.89 Å². The van der Waals surface area contributed by atoms with Crippen molar-refractivity contribution in [1.29, 1.82) is 0 Å². The maximum atomic E-state index is 9.54. The van der Waals surface area contributed by atoms with Gasteiger partial charge in [0.05, 0.1) is 13.2 Å². The summed E-state index contributed by atoms with van der Waals surface area (Å²) in [7, 11) is 1.55. The number of hydrogen-bond acceptors (Lipinski definition) is 6. The number of benzene rings is 1. The standard InChI is InChI=1S/C14H18N2O4/c1-4-13-15-16-14(20-13)8-19-11-6-5-10(9(2)17)7-12(11)18-3/h5-7,9,17H,4,8H2,1-3H3/t9-/m0/s1. The summed E-state index contributed by atoms with van der Waals surface area (Å²) in [6.07, 6.45) is 0.139. The molecular weight excluding hydrogens is 260 g/mol.